The number of carbonyl (C=O) groups excluding carboxylic acids is 1. The normalized spacial score (nSPS) is 13.3. The van der Waals surface area contributed by atoms with Crippen LogP contribution in [-0.4, -0.2) is 42.4 Å². The number of para-hydroxylation sites is 1. The quantitative estimate of drug-likeness (QED) is 0.203. The maximum Gasteiger partial charge on any atom is 0.184 e. The second-order valence-electron chi connectivity index (χ2n) is 8.72. The monoisotopic (exact) mass is 487 g/mol. The Bertz CT molecular complexity index is 1390. The van der Waals surface area contributed by atoms with Crippen molar-refractivity contribution < 1.29 is 9.53 Å². The van der Waals surface area contributed by atoms with Gasteiger partial charge in [-0.1, -0.05) is 13.0 Å². The number of benzene rings is 1. The van der Waals surface area contributed by atoms with Crippen LogP contribution in [0.25, 0.3) is 11.4 Å². The molecule has 0 atom stereocenters. The van der Waals surface area contributed by atoms with Gasteiger partial charge < -0.3 is 10.1 Å². The van der Waals surface area contributed by atoms with Gasteiger partial charge in [0.2, 0.25) is 0 Å². The van der Waals surface area contributed by atoms with Gasteiger partial charge in [0, 0.05) is 38.0 Å². The van der Waals surface area contributed by atoms with E-state index in [-0.39, 0.29) is 5.78 Å². The van der Waals surface area contributed by atoms with Crippen molar-refractivity contribution in [2.75, 3.05) is 17.4 Å². The Morgan fingerprint density at radius 2 is 2.03 bits per heavy atom. The molecule has 0 bridgehead atoms. The molecular formula is C25H29N9O2. The molecular weight excluding hydrogens is 458 g/mol. The summed E-state index contributed by atoms with van der Waals surface area (Å²) >= 11 is 0. The van der Waals surface area contributed by atoms with Crippen molar-refractivity contribution in [3.63, 3.8) is 0 Å². The molecule has 0 spiro atoms. The van der Waals surface area contributed by atoms with Gasteiger partial charge in [-0.2, -0.15) is 10.2 Å². The highest BCUT2D eigenvalue weighted by molar-refractivity contribution is 6.02. The summed E-state index contributed by atoms with van der Waals surface area (Å²) in [5.74, 6) is 8.78. The van der Waals surface area contributed by atoms with Gasteiger partial charge in [-0.3, -0.25) is 19.2 Å². The molecule has 0 radical (unpaired) electrons. The standard InChI is InChI=1S/C25H29N9O2/c1-4-21(35)18-14-27-23(29-22-11-12-33(30-22)16-7-5-8-16)13-20(18)34(26)19-10-6-9-17(24(19)36-3)25-28-15-32(2)31-25/h6,9-16H,4-5,7-8,26H2,1-3H3,(H,27,29,30). The summed E-state index contributed by atoms with van der Waals surface area (Å²) in [5, 5.41) is 13.7. The first-order valence-corrected chi connectivity index (χ1v) is 11.9. The molecule has 1 aliphatic rings. The molecule has 4 aromatic rings. The van der Waals surface area contributed by atoms with Crippen molar-refractivity contribution >= 4 is 28.8 Å². The molecule has 1 aliphatic carbocycles. The highest BCUT2D eigenvalue weighted by atomic mass is 16.5. The van der Waals surface area contributed by atoms with E-state index in [0.717, 1.165) is 12.8 Å². The number of hydrogen-bond donors (Lipinski definition) is 2. The summed E-state index contributed by atoms with van der Waals surface area (Å²) in [6, 6.07) is 9.65. The third-order valence-electron chi connectivity index (χ3n) is 6.37. The van der Waals surface area contributed by atoms with E-state index in [0.29, 0.717) is 58.2 Å². The molecule has 5 rings (SSSR count). The number of aromatic nitrogens is 6. The van der Waals surface area contributed by atoms with Crippen LogP contribution < -0.4 is 20.9 Å². The van der Waals surface area contributed by atoms with Crippen LogP contribution in [0.4, 0.5) is 23.0 Å². The lowest BCUT2D eigenvalue weighted by Crippen LogP contribution is -2.28. The van der Waals surface area contributed by atoms with Crippen LogP contribution in [0.5, 0.6) is 5.75 Å². The molecule has 3 heterocycles. The molecule has 0 unspecified atom stereocenters. The summed E-state index contributed by atoms with van der Waals surface area (Å²) in [7, 11) is 3.36. The lowest BCUT2D eigenvalue weighted by Gasteiger charge is -2.25. The molecule has 36 heavy (non-hydrogen) atoms. The van der Waals surface area contributed by atoms with Gasteiger partial charge in [-0.25, -0.2) is 15.8 Å². The van der Waals surface area contributed by atoms with Crippen LogP contribution in [0, 0.1) is 0 Å². The van der Waals surface area contributed by atoms with Crippen LogP contribution in [0.1, 0.15) is 49.0 Å². The van der Waals surface area contributed by atoms with Crippen LogP contribution in [0.15, 0.2) is 49.1 Å². The van der Waals surface area contributed by atoms with Crippen molar-refractivity contribution in [1.29, 1.82) is 0 Å². The average Bonchev–Trinajstić information content (AvgIpc) is 3.50. The number of aryl methyl sites for hydroxylation is 1. The average molecular weight is 488 g/mol. The molecule has 0 amide bonds. The van der Waals surface area contributed by atoms with Crippen LogP contribution in [0.2, 0.25) is 0 Å². The van der Waals surface area contributed by atoms with E-state index < -0.39 is 0 Å². The first-order valence-electron chi connectivity index (χ1n) is 11.9. The minimum Gasteiger partial charge on any atom is -0.494 e. The number of carbonyl (C=O) groups is 1. The topological polar surface area (TPSA) is 129 Å². The number of ketones is 1. The number of anilines is 4. The van der Waals surface area contributed by atoms with Gasteiger partial charge in [-0.15, -0.1) is 0 Å². The van der Waals surface area contributed by atoms with Crippen molar-refractivity contribution in [1.82, 2.24) is 29.5 Å². The minimum absolute atomic E-state index is 0.0738. The molecule has 0 aliphatic heterocycles. The number of methoxy groups -OCH3 is 1. The Morgan fingerprint density at radius 3 is 2.69 bits per heavy atom. The fourth-order valence-corrected chi connectivity index (χ4v) is 4.21. The number of hydrazine groups is 1. The SMILES string of the molecule is CCC(=O)c1cnc(Nc2ccn(C3CCC3)n2)cc1N(N)c1cccc(-c2ncn(C)n2)c1OC. The summed E-state index contributed by atoms with van der Waals surface area (Å²) in [4.78, 5) is 21.6. The number of nitrogens with two attached hydrogens (primary N) is 1. The fraction of sp³-hybridized carbons (Fsp3) is 0.320. The van der Waals surface area contributed by atoms with Gasteiger partial charge >= 0.3 is 0 Å². The van der Waals surface area contributed by atoms with E-state index in [2.05, 4.69) is 25.5 Å². The van der Waals surface area contributed by atoms with Gasteiger partial charge in [0.25, 0.3) is 0 Å². The van der Waals surface area contributed by atoms with E-state index in [4.69, 9.17) is 10.6 Å². The second-order valence-corrected chi connectivity index (χ2v) is 8.72. The Labute approximate surface area is 208 Å². The fourth-order valence-electron chi connectivity index (χ4n) is 4.21. The Hall–Kier alpha value is -4.25. The second kappa shape index (κ2) is 9.78. The third-order valence-corrected chi connectivity index (χ3v) is 6.37. The van der Waals surface area contributed by atoms with Gasteiger partial charge in [0.05, 0.1) is 30.0 Å². The number of Topliss-reactive ketones (excluding diaryl/α,β-unsaturated/α-hetero) is 1. The molecule has 1 fully saturated rings. The summed E-state index contributed by atoms with van der Waals surface area (Å²) in [5.41, 5.74) is 2.14. The van der Waals surface area contributed by atoms with Crippen LogP contribution in [0.3, 0.4) is 0 Å². The lowest BCUT2D eigenvalue weighted by molar-refractivity contribution is 0.0988. The number of hydrogen-bond acceptors (Lipinski definition) is 9. The van der Waals surface area contributed by atoms with Crippen molar-refractivity contribution in [3.05, 3.63) is 54.6 Å². The van der Waals surface area contributed by atoms with E-state index in [1.165, 1.54) is 11.4 Å². The molecule has 3 aromatic heterocycles. The maximum atomic E-state index is 12.8. The van der Waals surface area contributed by atoms with E-state index in [1.807, 2.05) is 35.1 Å². The lowest BCUT2D eigenvalue weighted by atomic mass is 9.93. The van der Waals surface area contributed by atoms with Gasteiger partial charge in [0.1, 0.15) is 17.8 Å². The highest BCUT2D eigenvalue weighted by Gasteiger charge is 2.23. The molecule has 11 heteroatoms. The van der Waals surface area contributed by atoms with E-state index in [9.17, 15) is 4.79 Å². The van der Waals surface area contributed by atoms with E-state index >= 15 is 0 Å². The third kappa shape index (κ3) is 4.40. The number of pyridine rings is 1. The number of nitrogens with one attached hydrogen (secondary N) is 1. The zero-order valence-electron chi connectivity index (χ0n) is 20.5. The number of nitrogens with zero attached hydrogens (tertiary/aromatic N) is 7. The van der Waals surface area contributed by atoms with Crippen molar-refractivity contribution in [2.45, 2.75) is 38.6 Å². The maximum absolute atomic E-state index is 12.8. The largest absolute Gasteiger partial charge is 0.494 e. The minimum atomic E-state index is -0.0738. The smallest absolute Gasteiger partial charge is 0.184 e. The zero-order chi connectivity index (χ0) is 25.2. The molecule has 3 N–H and O–H groups in total. The van der Waals surface area contributed by atoms with Gasteiger partial charge in [0.15, 0.2) is 23.2 Å². The van der Waals surface area contributed by atoms with Crippen molar-refractivity contribution in [2.24, 2.45) is 12.9 Å². The molecule has 1 saturated carbocycles. The summed E-state index contributed by atoms with van der Waals surface area (Å²) < 4.78 is 9.34. The van der Waals surface area contributed by atoms with Crippen molar-refractivity contribution in [3.8, 4) is 17.1 Å². The summed E-state index contributed by atoms with van der Waals surface area (Å²) in [6.45, 7) is 1.81. The van der Waals surface area contributed by atoms with Gasteiger partial charge in [-0.05, 0) is 31.4 Å². The first-order chi connectivity index (χ1) is 17.5. The Kier molecular flexibility index (Phi) is 6.38. The molecule has 1 aromatic carbocycles. The Morgan fingerprint density at radius 1 is 1.19 bits per heavy atom. The summed E-state index contributed by atoms with van der Waals surface area (Å²) in [6.07, 6.45) is 8.98. The first kappa shape index (κ1) is 23.5. The predicted octanol–water partition coefficient (Wildman–Crippen LogP) is 4.16. The number of ether oxygens (including phenoxy) is 1. The highest BCUT2D eigenvalue weighted by Crippen LogP contribution is 2.40. The number of rotatable bonds is 9. The predicted molar refractivity (Wildman–Crippen MR) is 137 cm³/mol. The van der Waals surface area contributed by atoms with Crippen LogP contribution in [-0.2, 0) is 7.05 Å². The van der Waals surface area contributed by atoms with E-state index in [1.54, 1.807) is 44.4 Å². The molecule has 11 nitrogen and oxygen atoms in total. The zero-order valence-corrected chi connectivity index (χ0v) is 20.5. The molecule has 0 saturated heterocycles. The van der Waals surface area contributed by atoms with Crippen LogP contribution >= 0.6 is 0 Å². The Balaban J connectivity index is 1.52. The molecule has 186 valence electrons.